The van der Waals surface area contributed by atoms with Crippen LogP contribution in [0.15, 0.2) is 0 Å². The lowest BCUT2D eigenvalue weighted by Crippen LogP contribution is -2.03. The minimum absolute atomic E-state index is 0.258. The van der Waals surface area contributed by atoms with Gasteiger partial charge in [-0.2, -0.15) is 0 Å². The van der Waals surface area contributed by atoms with Gasteiger partial charge in [0.2, 0.25) is 0 Å². The number of hydrogen-bond acceptors (Lipinski definition) is 5. The molecular weight excluding hydrogens is 196 g/mol. The second-order valence-electron chi connectivity index (χ2n) is 2.40. The van der Waals surface area contributed by atoms with Crippen LogP contribution in [0.1, 0.15) is 0 Å². The third-order valence-electron chi connectivity index (χ3n) is 1.28. The van der Waals surface area contributed by atoms with Gasteiger partial charge < -0.3 is 14.6 Å². The van der Waals surface area contributed by atoms with Crippen LogP contribution in [0.4, 0.5) is 0 Å². The van der Waals surface area contributed by atoms with Crippen LogP contribution in [0.3, 0.4) is 0 Å². The largest absolute Gasteiger partial charge is 0.395 e. The number of aliphatic hydroxyl groups is 1. The molecule has 1 saturated heterocycles. The normalized spacial score (nSPS) is 21.2. The van der Waals surface area contributed by atoms with E-state index in [1.165, 1.54) is 0 Å². The van der Waals surface area contributed by atoms with Crippen molar-refractivity contribution in [3.8, 4) is 0 Å². The van der Waals surface area contributed by atoms with Gasteiger partial charge in [0.25, 0.3) is 0 Å². The zero-order chi connectivity index (χ0) is 8.65. The molecule has 5 heteroatoms. The van der Waals surface area contributed by atoms with E-state index in [0.717, 1.165) is 31.3 Å². The minimum atomic E-state index is 0.258. The molecule has 0 spiro atoms. The Morgan fingerprint density at radius 3 is 2.83 bits per heavy atom. The first-order chi connectivity index (χ1) is 5.93. The maximum atomic E-state index is 8.47. The molecule has 0 aliphatic carbocycles. The average Bonchev–Trinajstić information content (AvgIpc) is 2.87. The lowest BCUT2D eigenvalue weighted by Gasteiger charge is -2.00. The summed E-state index contributed by atoms with van der Waals surface area (Å²) in [5.74, 6) is 1.79. The summed E-state index contributed by atoms with van der Waals surface area (Å²) >= 11 is 0. The van der Waals surface area contributed by atoms with Crippen LogP contribution in [-0.2, 0) is 9.47 Å². The number of rotatable bonds is 8. The third-order valence-corrected chi connectivity index (χ3v) is 3.62. The maximum Gasteiger partial charge on any atom is 0.104 e. The van der Waals surface area contributed by atoms with Crippen LogP contribution in [0.2, 0.25) is 0 Å². The highest BCUT2D eigenvalue weighted by atomic mass is 33.1. The molecule has 12 heavy (non-hydrogen) atoms. The van der Waals surface area contributed by atoms with Gasteiger partial charge in [0.1, 0.15) is 6.10 Å². The molecule has 0 bridgehead atoms. The summed E-state index contributed by atoms with van der Waals surface area (Å²) in [4.78, 5) is 0. The fraction of sp³-hybridized carbons (Fsp3) is 1.00. The summed E-state index contributed by atoms with van der Waals surface area (Å²) < 4.78 is 10.3. The summed E-state index contributed by atoms with van der Waals surface area (Å²) in [5, 5.41) is 8.47. The van der Waals surface area contributed by atoms with E-state index in [1.807, 2.05) is 0 Å². The zero-order valence-electron chi connectivity index (χ0n) is 6.90. The van der Waals surface area contributed by atoms with Crippen LogP contribution in [0.25, 0.3) is 0 Å². The van der Waals surface area contributed by atoms with Gasteiger partial charge in [-0.25, -0.2) is 0 Å². The van der Waals surface area contributed by atoms with Crippen LogP contribution in [0, 0.1) is 0 Å². The Morgan fingerprint density at radius 1 is 1.42 bits per heavy atom. The second-order valence-corrected chi connectivity index (χ2v) is 5.10. The van der Waals surface area contributed by atoms with Crippen molar-refractivity contribution in [1.82, 2.24) is 0 Å². The summed E-state index contributed by atoms with van der Waals surface area (Å²) in [7, 11) is 3.42. The van der Waals surface area contributed by atoms with Gasteiger partial charge >= 0.3 is 0 Å². The predicted molar refractivity (Wildman–Crippen MR) is 52.6 cm³/mol. The summed E-state index contributed by atoms with van der Waals surface area (Å²) in [6.45, 7) is 2.65. The molecule has 1 aliphatic rings. The molecule has 1 fully saturated rings. The first-order valence-electron chi connectivity index (χ1n) is 3.98. The molecule has 3 nitrogen and oxygen atoms in total. The highest BCUT2D eigenvalue weighted by Crippen LogP contribution is 2.19. The standard InChI is InChI=1S/C7H14O3S2/c8-1-3-11-12-4-2-9-5-7-6-10-7/h7-8H,1-6H2. The van der Waals surface area contributed by atoms with Crippen LogP contribution >= 0.6 is 21.6 Å². The Morgan fingerprint density at radius 2 is 2.17 bits per heavy atom. The number of aliphatic hydroxyl groups excluding tert-OH is 1. The molecule has 1 aliphatic heterocycles. The van der Waals surface area contributed by atoms with Gasteiger partial charge in [-0.05, 0) is 0 Å². The molecule has 1 N–H and O–H groups in total. The summed E-state index contributed by atoms with van der Waals surface area (Å²) in [6, 6.07) is 0. The van der Waals surface area contributed by atoms with Crippen molar-refractivity contribution >= 4 is 21.6 Å². The van der Waals surface area contributed by atoms with Gasteiger partial charge in [-0.15, -0.1) is 0 Å². The number of epoxide rings is 1. The molecule has 72 valence electrons. The Kier molecular flexibility index (Phi) is 6.24. The molecule has 0 saturated carbocycles. The molecule has 0 aromatic carbocycles. The van der Waals surface area contributed by atoms with Crippen LogP contribution in [0.5, 0.6) is 0 Å². The molecule has 0 aromatic heterocycles. The quantitative estimate of drug-likeness (QED) is 0.364. The van der Waals surface area contributed by atoms with Gasteiger partial charge in [0, 0.05) is 11.5 Å². The van der Waals surface area contributed by atoms with Gasteiger partial charge in [0.05, 0.1) is 26.4 Å². The van der Waals surface area contributed by atoms with E-state index < -0.39 is 0 Å². The van der Waals surface area contributed by atoms with Crippen molar-refractivity contribution in [3.63, 3.8) is 0 Å². The second kappa shape index (κ2) is 7.03. The van der Waals surface area contributed by atoms with Crippen molar-refractivity contribution in [2.24, 2.45) is 0 Å². The monoisotopic (exact) mass is 210 g/mol. The van der Waals surface area contributed by atoms with E-state index in [-0.39, 0.29) is 6.61 Å². The highest BCUT2D eigenvalue weighted by Gasteiger charge is 2.21. The number of hydrogen-bond donors (Lipinski definition) is 1. The summed E-state index contributed by atoms with van der Waals surface area (Å²) in [6.07, 6.45) is 0.375. The predicted octanol–water partition coefficient (Wildman–Crippen LogP) is 0.775. The molecule has 0 aromatic rings. The molecule has 0 radical (unpaired) electrons. The van der Waals surface area contributed by atoms with E-state index in [0.29, 0.717) is 6.10 Å². The smallest absolute Gasteiger partial charge is 0.104 e. The highest BCUT2D eigenvalue weighted by molar-refractivity contribution is 8.76. The lowest BCUT2D eigenvalue weighted by atomic mass is 10.5. The van der Waals surface area contributed by atoms with E-state index >= 15 is 0 Å². The van der Waals surface area contributed by atoms with Crippen LogP contribution < -0.4 is 0 Å². The minimum Gasteiger partial charge on any atom is -0.395 e. The Bertz CT molecular complexity index is 109. The molecule has 1 atom stereocenters. The van der Waals surface area contributed by atoms with E-state index in [2.05, 4.69) is 0 Å². The van der Waals surface area contributed by atoms with Crippen molar-refractivity contribution in [2.75, 3.05) is 37.9 Å². The van der Waals surface area contributed by atoms with E-state index in [9.17, 15) is 0 Å². The van der Waals surface area contributed by atoms with Crippen molar-refractivity contribution in [1.29, 1.82) is 0 Å². The SMILES string of the molecule is OCCSSCCOCC1CO1. The molecule has 1 heterocycles. The van der Waals surface area contributed by atoms with Gasteiger partial charge in [0.15, 0.2) is 0 Å². The summed E-state index contributed by atoms with van der Waals surface area (Å²) in [5.41, 5.74) is 0. The maximum absolute atomic E-state index is 8.47. The van der Waals surface area contributed by atoms with Crippen LogP contribution in [-0.4, -0.2) is 49.1 Å². The van der Waals surface area contributed by atoms with Crippen molar-refractivity contribution in [3.05, 3.63) is 0 Å². The molecule has 1 unspecified atom stereocenters. The Balaban J connectivity index is 1.65. The van der Waals surface area contributed by atoms with E-state index in [4.69, 9.17) is 14.6 Å². The van der Waals surface area contributed by atoms with Crippen molar-refractivity contribution < 1.29 is 14.6 Å². The molecular formula is C7H14O3S2. The first-order valence-corrected chi connectivity index (χ1v) is 6.47. The molecule has 0 amide bonds. The lowest BCUT2D eigenvalue weighted by molar-refractivity contribution is 0.130. The average molecular weight is 210 g/mol. The Hall–Kier alpha value is 0.580. The van der Waals surface area contributed by atoms with E-state index in [1.54, 1.807) is 21.6 Å². The van der Waals surface area contributed by atoms with Crippen molar-refractivity contribution in [2.45, 2.75) is 6.10 Å². The topological polar surface area (TPSA) is 42.0 Å². The fourth-order valence-corrected chi connectivity index (χ4v) is 2.26. The first kappa shape index (κ1) is 10.7. The van der Waals surface area contributed by atoms with Gasteiger partial charge in [-0.1, -0.05) is 21.6 Å². The van der Waals surface area contributed by atoms with Gasteiger partial charge in [-0.3, -0.25) is 0 Å². The number of ether oxygens (including phenoxy) is 2. The Labute approximate surface area is 80.6 Å². The zero-order valence-corrected chi connectivity index (χ0v) is 8.53. The third kappa shape index (κ3) is 6.14. The molecule has 1 rings (SSSR count). The fourth-order valence-electron chi connectivity index (χ4n) is 0.627.